The number of aryl methyl sites for hydroxylation is 3. The van der Waals surface area contributed by atoms with E-state index in [1.807, 2.05) is 33.8 Å². The maximum absolute atomic E-state index is 9.15. The van der Waals surface area contributed by atoms with Crippen LogP contribution in [-0.4, -0.2) is 23.4 Å². The third-order valence-corrected chi connectivity index (χ3v) is 5.14. The van der Waals surface area contributed by atoms with E-state index < -0.39 is 0 Å². The molecule has 2 nitrogen and oxygen atoms in total. The minimum absolute atomic E-state index is 0.0106. The van der Waals surface area contributed by atoms with Crippen LogP contribution in [0.2, 0.25) is 0 Å². The average Bonchev–Trinajstić information content (AvgIpc) is 2.87. The molecule has 168 valence electrons. The molecule has 0 aliphatic carbocycles. The van der Waals surface area contributed by atoms with Crippen molar-refractivity contribution in [1.82, 2.24) is 0 Å². The molecular formula is C29H40O2. The molecule has 0 fully saturated rings. The first-order valence-electron chi connectivity index (χ1n) is 11.7. The molecular weight excluding hydrogens is 380 g/mol. The van der Waals surface area contributed by atoms with E-state index in [0.29, 0.717) is 0 Å². The van der Waals surface area contributed by atoms with Crippen molar-refractivity contribution < 1.29 is 10.2 Å². The van der Waals surface area contributed by atoms with E-state index in [1.54, 1.807) is 0 Å². The average molecular weight is 421 g/mol. The van der Waals surface area contributed by atoms with E-state index in [1.165, 1.54) is 27.8 Å². The summed E-state index contributed by atoms with van der Waals surface area (Å²) in [4.78, 5) is 0. The Balaban J connectivity index is 0.00000113. The zero-order chi connectivity index (χ0) is 22.9. The summed E-state index contributed by atoms with van der Waals surface area (Å²) in [5.41, 5.74) is 6.47. The molecule has 0 bridgehead atoms. The Kier molecular flexibility index (Phi) is 14.0. The first-order chi connectivity index (χ1) is 15.3. The van der Waals surface area contributed by atoms with Gasteiger partial charge in [0.15, 0.2) is 0 Å². The van der Waals surface area contributed by atoms with E-state index in [2.05, 4.69) is 72.8 Å². The molecule has 3 aromatic rings. The molecule has 0 spiro atoms. The summed E-state index contributed by atoms with van der Waals surface area (Å²) in [5.74, 6) is -0.0106. The summed E-state index contributed by atoms with van der Waals surface area (Å²) in [6.45, 7) is 8.11. The summed E-state index contributed by atoms with van der Waals surface area (Å²) >= 11 is 0. The molecule has 0 aliphatic rings. The highest BCUT2D eigenvalue weighted by molar-refractivity contribution is 5.63. The summed E-state index contributed by atoms with van der Waals surface area (Å²) in [6.07, 6.45) is 3.78. The van der Waals surface area contributed by atoms with Crippen LogP contribution in [0.1, 0.15) is 50.8 Å². The summed E-state index contributed by atoms with van der Waals surface area (Å²) < 4.78 is 0. The van der Waals surface area contributed by atoms with Crippen LogP contribution in [0.3, 0.4) is 0 Å². The first kappa shape index (κ1) is 26.6. The third kappa shape index (κ3) is 9.50. The van der Waals surface area contributed by atoms with Gasteiger partial charge in [0.05, 0.1) is 0 Å². The first-order valence-corrected chi connectivity index (χ1v) is 11.7. The highest BCUT2D eigenvalue weighted by Crippen LogP contribution is 2.20. The predicted molar refractivity (Wildman–Crippen MR) is 134 cm³/mol. The Morgan fingerprint density at radius 1 is 0.516 bits per heavy atom. The van der Waals surface area contributed by atoms with Crippen molar-refractivity contribution in [2.45, 2.75) is 53.4 Å². The highest BCUT2D eigenvalue weighted by atomic mass is 16.3. The van der Waals surface area contributed by atoms with Crippen molar-refractivity contribution in [3.05, 3.63) is 95.6 Å². The second kappa shape index (κ2) is 16.3. The normalized spacial score (nSPS) is 10.0. The van der Waals surface area contributed by atoms with Crippen LogP contribution < -0.4 is 0 Å². The van der Waals surface area contributed by atoms with Gasteiger partial charge in [0.25, 0.3) is 0 Å². The van der Waals surface area contributed by atoms with Crippen LogP contribution in [0.15, 0.2) is 78.9 Å². The number of hydrogen-bond acceptors (Lipinski definition) is 2. The maximum Gasteiger partial charge on any atom is 0.0481 e. The zero-order valence-electron chi connectivity index (χ0n) is 19.7. The van der Waals surface area contributed by atoms with Gasteiger partial charge in [0.1, 0.15) is 0 Å². The molecule has 0 radical (unpaired) electrons. The minimum atomic E-state index is -0.0106. The molecule has 0 heterocycles. The summed E-state index contributed by atoms with van der Waals surface area (Å²) in [5, 5.41) is 18.3. The molecule has 2 N–H and O–H groups in total. The van der Waals surface area contributed by atoms with E-state index in [9.17, 15) is 0 Å². The van der Waals surface area contributed by atoms with Gasteiger partial charge in [-0.3, -0.25) is 0 Å². The Hall–Kier alpha value is -2.42. The molecule has 3 aromatic carbocycles. The molecule has 0 saturated heterocycles. The van der Waals surface area contributed by atoms with Crippen molar-refractivity contribution in [3.8, 4) is 11.1 Å². The maximum atomic E-state index is 9.15. The Bertz CT molecular complexity index is 788. The van der Waals surface area contributed by atoms with Gasteiger partial charge < -0.3 is 10.2 Å². The van der Waals surface area contributed by atoms with Crippen LogP contribution in [-0.2, 0) is 19.3 Å². The van der Waals surface area contributed by atoms with E-state index in [4.69, 9.17) is 10.2 Å². The molecule has 0 amide bonds. The van der Waals surface area contributed by atoms with Crippen molar-refractivity contribution in [2.24, 2.45) is 5.92 Å². The van der Waals surface area contributed by atoms with E-state index >= 15 is 0 Å². The zero-order valence-corrected chi connectivity index (χ0v) is 19.7. The number of hydrogen-bond donors (Lipinski definition) is 2. The topological polar surface area (TPSA) is 40.5 Å². The predicted octanol–water partition coefficient (Wildman–Crippen LogP) is 6.72. The Morgan fingerprint density at radius 2 is 0.903 bits per heavy atom. The lowest BCUT2D eigenvalue weighted by atomic mass is 9.98. The van der Waals surface area contributed by atoms with Gasteiger partial charge in [-0.15, -0.1) is 0 Å². The van der Waals surface area contributed by atoms with Crippen molar-refractivity contribution in [2.75, 3.05) is 13.2 Å². The smallest absolute Gasteiger partial charge is 0.0481 e. The number of aliphatic hydroxyl groups is 2. The van der Waals surface area contributed by atoms with Crippen LogP contribution in [0.4, 0.5) is 0 Å². The monoisotopic (exact) mass is 420 g/mol. The van der Waals surface area contributed by atoms with Gasteiger partial charge >= 0.3 is 0 Å². The molecule has 0 atom stereocenters. The Morgan fingerprint density at radius 3 is 1.35 bits per heavy atom. The number of benzene rings is 3. The SMILES string of the molecule is CC.CC.OCC(CO)CCc1ccc(CCc2ccc(-c3ccccc3)cc2)cc1. The Labute approximate surface area is 189 Å². The lowest BCUT2D eigenvalue weighted by molar-refractivity contribution is 0.144. The van der Waals surface area contributed by atoms with Gasteiger partial charge in [-0.1, -0.05) is 107 Å². The van der Waals surface area contributed by atoms with Gasteiger partial charge in [-0.2, -0.15) is 0 Å². The van der Waals surface area contributed by atoms with Crippen LogP contribution in [0.5, 0.6) is 0 Å². The lowest BCUT2D eigenvalue weighted by Gasteiger charge is -2.10. The van der Waals surface area contributed by atoms with Crippen LogP contribution in [0, 0.1) is 5.92 Å². The van der Waals surface area contributed by atoms with Gasteiger partial charge in [0.2, 0.25) is 0 Å². The number of rotatable bonds is 9. The van der Waals surface area contributed by atoms with Gasteiger partial charge in [-0.25, -0.2) is 0 Å². The molecule has 0 aliphatic heterocycles. The van der Waals surface area contributed by atoms with Gasteiger partial charge in [0, 0.05) is 19.1 Å². The fourth-order valence-corrected chi connectivity index (χ4v) is 3.27. The molecule has 3 rings (SSSR count). The second-order valence-corrected chi connectivity index (χ2v) is 7.15. The third-order valence-electron chi connectivity index (χ3n) is 5.14. The number of aliphatic hydroxyl groups excluding tert-OH is 2. The van der Waals surface area contributed by atoms with Crippen molar-refractivity contribution >= 4 is 0 Å². The molecule has 31 heavy (non-hydrogen) atoms. The molecule has 2 heteroatoms. The van der Waals surface area contributed by atoms with Crippen molar-refractivity contribution in [3.63, 3.8) is 0 Å². The fourth-order valence-electron chi connectivity index (χ4n) is 3.27. The standard InChI is InChI=1S/C25H28O2.2C2H6/c26-18-23(19-27)13-12-21-8-6-20(7-9-21)10-11-22-14-16-25(17-15-22)24-4-2-1-3-5-24;2*1-2/h1-9,14-17,23,26-27H,10-13,18-19H2;2*1-2H3. The van der Waals surface area contributed by atoms with Gasteiger partial charge in [-0.05, 0) is 53.5 Å². The van der Waals surface area contributed by atoms with E-state index in [-0.39, 0.29) is 19.1 Å². The minimum Gasteiger partial charge on any atom is -0.396 e. The largest absolute Gasteiger partial charge is 0.396 e. The highest BCUT2D eigenvalue weighted by Gasteiger charge is 2.06. The second-order valence-electron chi connectivity index (χ2n) is 7.15. The van der Waals surface area contributed by atoms with Crippen LogP contribution >= 0.6 is 0 Å². The van der Waals surface area contributed by atoms with Crippen molar-refractivity contribution in [1.29, 1.82) is 0 Å². The lowest BCUT2D eigenvalue weighted by Crippen LogP contribution is -2.11. The quantitative estimate of drug-likeness (QED) is 0.403. The molecule has 0 unspecified atom stereocenters. The fraction of sp³-hybridized carbons (Fsp3) is 0.379. The summed E-state index contributed by atoms with van der Waals surface area (Å²) in [6, 6.07) is 28.0. The molecule has 0 saturated carbocycles. The van der Waals surface area contributed by atoms with E-state index in [0.717, 1.165) is 25.7 Å². The summed E-state index contributed by atoms with van der Waals surface area (Å²) in [7, 11) is 0. The van der Waals surface area contributed by atoms with Crippen LogP contribution in [0.25, 0.3) is 11.1 Å². The molecule has 0 aromatic heterocycles.